The van der Waals surface area contributed by atoms with Crippen molar-refractivity contribution in [3.63, 3.8) is 0 Å². The molecular formula is C13H16N2O2S. The number of nitrogens with zero attached hydrogens (tertiary/aromatic N) is 2. The minimum absolute atomic E-state index is 0.247. The fraction of sp³-hybridized carbons (Fsp3) is 0.462. The van der Waals surface area contributed by atoms with Crippen molar-refractivity contribution in [2.75, 3.05) is 5.75 Å². The minimum atomic E-state index is -2.90. The molecule has 0 saturated carbocycles. The van der Waals surface area contributed by atoms with Crippen molar-refractivity contribution in [2.45, 2.75) is 31.4 Å². The second kappa shape index (κ2) is 4.09. The number of aryl methyl sites for hydroxylation is 1. The number of aromatic nitrogens is 2. The zero-order valence-corrected chi connectivity index (χ0v) is 11.2. The molecule has 0 amide bonds. The molecule has 96 valence electrons. The molecule has 0 spiro atoms. The van der Waals surface area contributed by atoms with Crippen LogP contribution in [0, 0.1) is 6.92 Å². The molecule has 3 rings (SSSR count). The number of rotatable bonds is 2. The van der Waals surface area contributed by atoms with E-state index in [1.54, 1.807) is 6.20 Å². The molecule has 0 aliphatic carbocycles. The molecule has 4 nitrogen and oxygen atoms in total. The topological polar surface area (TPSA) is 51.4 Å². The molecule has 1 aliphatic rings. The van der Waals surface area contributed by atoms with Crippen LogP contribution in [0.1, 0.15) is 24.2 Å². The van der Waals surface area contributed by atoms with Gasteiger partial charge in [-0.2, -0.15) is 0 Å². The van der Waals surface area contributed by atoms with Gasteiger partial charge >= 0.3 is 0 Å². The molecule has 0 N–H and O–H groups in total. The Morgan fingerprint density at radius 1 is 1.44 bits per heavy atom. The average Bonchev–Trinajstić information content (AvgIpc) is 2.84. The summed E-state index contributed by atoms with van der Waals surface area (Å²) in [5.41, 5.74) is 2.17. The Balaban J connectivity index is 1.98. The maximum Gasteiger partial charge on any atom is 0.153 e. The van der Waals surface area contributed by atoms with E-state index in [0.717, 1.165) is 29.7 Å². The molecule has 0 bridgehead atoms. The Labute approximate surface area is 107 Å². The van der Waals surface area contributed by atoms with Crippen LogP contribution in [0.2, 0.25) is 0 Å². The summed E-state index contributed by atoms with van der Waals surface area (Å²) in [5.74, 6) is 1.18. The highest BCUT2D eigenvalue weighted by molar-refractivity contribution is 7.92. The van der Waals surface area contributed by atoms with Gasteiger partial charge in [-0.05, 0) is 31.4 Å². The third-order valence-electron chi connectivity index (χ3n) is 3.62. The van der Waals surface area contributed by atoms with E-state index in [4.69, 9.17) is 0 Å². The van der Waals surface area contributed by atoms with Crippen molar-refractivity contribution in [1.82, 2.24) is 9.38 Å². The predicted octanol–water partition coefficient (Wildman–Crippen LogP) is 1.76. The SMILES string of the molecule is Cc1ccc2cnc(CC3CCCS3(=O)=O)n2c1. The minimum Gasteiger partial charge on any atom is -0.303 e. The number of fused-ring (bicyclic) bond motifs is 1. The maximum absolute atomic E-state index is 11.9. The lowest BCUT2D eigenvalue weighted by atomic mass is 10.2. The van der Waals surface area contributed by atoms with Gasteiger partial charge < -0.3 is 4.40 Å². The standard InChI is InChI=1S/C13H16N2O2S/c1-10-4-5-11-8-14-13(15(11)9-10)7-12-3-2-6-18(12,16)17/h4-5,8-9,12H,2-3,6-7H2,1H3. The number of hydrogen-bond acceptors (Lipinski definition) is 3. The van der Waals surface area contributed by atoms with Crippen molar-refractivity contribution < 1.29 is 8.42 Å². The molecule has 2 aromatic heterocycles. The lowest BCUT2D eigenvalue weighted by Gasteiger charge is -2.08. The third kappa shape index (κ3) is 1.92. The summed E-state index contributed by atoms with van der Waals surface area (Å²) in [6.07, 6.45) is 5.90. The van der Waals surface area contributed by atoms with E-state index in [2.05, 4.69) is 4.98 Å². The van der Waals surface area contributed by atoms with E-state index in [-0.39, 0.29) is 5.25 Å². The molecule has 2 aromatic rings. The normalized spacial score (nSPS) is 22.6. The number of imidazole rings is 1. The number of hydrogen-bond donors (Lipinski definition) is 0. The van der Waals surface area contributed by atoms with E-state index in [1.807, 2.05) is 29.7 Å². The summed E-state index contributed by atoms with van der Waals surface area (Å²) in [4.78, 5) is 4.36. The molecule has 0 radical (unpaired) electrons. The number of sulfone groups is 1. The lowest BCUT2D eigenvalue weighted by molar-refractivity contribution is 0.586. The molecule has 1 unspecified atom stereocenters. The first kappa shape index (κ1) is 11.7. The Bertz CT molecular complexity index is 688. The summed E-state index contributed by atoms with van der Waals surface area (Å²) in [7, 11) is -2.90. The van der Waals surface area contributed by atoms with E-state index < -0.39 is 9.84 Å². The van der Waals surface area contributed by atoms with Gasteiger partial charge in [0.1, 0.15) is 5.82 Å². The van der Waals surface area contributed by atoms with Crippen molar-refractivity contribution in [2.24, 2.45) is 0 Å². The van der Waals surface area contributed by atoms with Gasteiger partial charge in [0.05, 0.1) is 22.7 Å². The monoisotopic (exact) mass is 264 g/mol. The highest BCUT2D eigenvalue weighted by atomic mass is 32.2. The molecule has 1 aliphatic heterocycles. The predicted molar refractivity (Wildman–Crippen MR) is 70.4 cm³/mol. The molecule has 3 heterocycles. The smallest absolute Gasteiger partial charge is 0.153 e. The average molecular weight is 264 g/mol. The zero-order valence-electron chi connectivity index (χ0n) is 10.3. The van der Waals surface area contributed by atoms with E-state index in [0.29, 0.717) is 12.2 Å². The van der Waals surface area contributed by atoms with E-state index in [1.165, 1.54) is 0 Å². The van der Waals surface area contributed by atoms with Crippen LogP contribution < -0.4 is 0 Å². The Morgan fingerprint density at radius 3 is 3.00 bits per heavy atom. The van der Waals surface area contributed by atoms with Crippen molar-refractivity contribution in [3.05, 3.63) is 35.9 Å². The van der Waals surface area contributed by atoms with Gasteiger partial charge in [-0.3, -0.25) is 0 Å². The van der Waals surface area contributed by atoms with Gasteiger partial charge in [-0.25, -0.2) is 13.4 Å². The highest BCUT2D eigenvalue weighted by Gasteiger charge is 2.32. The summed E-state index contributed by atoms with van der Waals surface area (Å²) in [5, 5.41) is -0.247. The van der Waals surface area contributed by atoms with Crippen LogP contribution in [0.25, 0.3) is 5.52 Å². The van der Waals surface area contributed by atoms with Gasteiger partial charge in [-0.1, -0.05) is 6.07 Å². The molecule has 1 fully saturated rings. The maximum atomic E-state index is 11.9. The molecule has 18 heavy (non-hydrogen) atoms. The second-order valence-electron chi connectivity index (χ2n) is 5.01. The molecule has 0 aromatic carbocycles. The van der Waals surface area contributed by atoms with Gasteiger partial charge in [0.25, 0.3) is 0 Å². The van der Waals surface area contributed by atoms with Crippen LogP contribution in [-0.4, -0.2) is 28.8 Å². The van der Waals surface area contributed by atoms with Gasteiger partial charge in [0.2, 0.25) is 0 Å². The fourth-order valence-corrected chi connectivity index (χ4v) is 4.42. The first-order chi connectivity index (χ1) is 8.56. The van der Waals surface area contributed by atoms with Crippen LogP contribution >= 0.6 is 0 Å². The third-order valence-corrected chi connectivity index (χ3v) is 5.90. The van der Waals surface area contributed by atoms with Gasteiger partial charge in [0.15, 0.2) is 9.84 Å². The number of pyridine rings is 1. The van der Waals surface area contributed by atoms with Gasteiger partial charge in [0, 0.05) is 12.6 Å². The Kier molecular flexibility index (Phi) is 2.66. The first-order valence-electron chi connectivity index (χ1n) is 6.20. The molecule has 5 heteroatoms. The summed E-state index contributed by atoms with van der Waals surface area (Å²) in [6.45, 7) is 2.02. The van der Waals surface area contributed by atoms with Crippen molar-refractivity contribution in [1.29, 1.82) is 0 Å². The van der Waals surface area contributed by atoms with E-state index >= 15 is 0 Å². The quantitative estimate of drug-likeness (QED) is 0.830. The summed E-state index contributed by atoms with van der Waals surface area (Å²) < 4.78 is 25.7. The van der Waals surface area contributed by atoms with E-state index in [9.17, 15) is 8.42 Å². The summed E-state index contributed by atoms with van der Waals surface area (Å²) in [6, 6.07) is 4.04. The van der Waals surface area contributed by atoms with Crippen LogP contribution in [0.3, 0.4) is 0 Å². The largest absolute Gasteiger partial charge is 0.303 e. The molecular weight excluding hydrogens is 248 g/mol. The molecule has 1 atom stereocenters. The van der Waals surface area contributed by atoms with Crippen LogP contribution in [-0.2, 0) is 16.3 Å². The van der Waals surface area contributed by atoms with Crippen molar-refractivity contribution in [3.8, 4) is 0 Å². The van der Waals surface area contributed by atoms with Gasteiger partial charge in [-0.15, -0.1) is 0 Å². The van der Waals surface area contributed by atoms with Crippen molar-refractivity contribution >= 4 is 15.4 Å². The lowest BCUT2D eigenvalue weighted by Crippen LogP contribution is -2.19. The highest BCUT2D eigenvalue weighted by Crippen LogP contribution is 2.23. The van der Waals surface area contributed by atoms with Crippen LogP contribution in [0.4, 0.5) is 0 Å². The Hall–Kier alpha value is -1.36. The fourth-order valence-electron chi connectivity index (χ4n) is 2.59. The Morgan fingerprint density at radius 2 is 2.28 bits per heavy atom. The zero-order chi connectivity index (χ0) is 12.8. The first-order valence-corrected chi connectivity index (χ1v) is 7.92. The second-order valence-corrected chi connectivity index (χ2v) is 7.41. The molecule has 1 saturated heterocycles. The van der Waals surface area contributed by atoms with Crippen LogP contribution in [0.15, 0.2) is 24.5 Å². The summed E-state index contributed by atoms with van der Waals surface area (Å²) >= 11 is 0. The van der Waals surface area contributed by atoms with Crippen LogP contribution in [0.5, 0.6) is 0 Å².